The molecule has 0 bridgehead atoms. The van der Waals surface area contributed by atoms with E-state index in [1.807, 2.05) is 6.07 Å². The van der Waals surface area contributed by atoms with Crippen LogP contribution in [-0.2, 0) is 9.53 Å². The normalized spacial score (nSPS) is 17.3. The van der Waals surface area contributed by atoms with Gasteiger partial charge in [-0.1, -0.05) is 41.3 Å². The van der Waals surface area contributed by atoms with Crippen molar-refractivity contribution in [2.45, 2.75) is 37.6 Å². The fraction of sp³-hybridized carbons (Fsp3) is 0.467. The van der Waals surface area contributed by atoms with Gasteiger partial charge in [-0.25, -0.2) is 4.79 Å². The van der Waals surface area contributed by atoms with Gasteiger partial charge in [-0.05, 0) is 31.0 Å². The van der Waals surface area contributed by atoms with Gasteiger partial charge >= 0.3 is 5.97 Å². The Morgan fingerprint density at radius 2 is 1.95 bits per heavy atom. The van der Waals surface area contributed by atoms with Crippen LogP contribution in [0.4, 0.5) is 0 Å². The fourth-order valence-electron chi connectivity index (χ4n) is 2.65. The molecule has 1 amide bonds. The molecule has 1 aliphatic rings. The van der Waals surface area contributed by atoms with Crippen molar-refractivity contribution < 1.29 is 14.3 Å². The zero-order valence-electron chi connectivity index (χ0n) is 11.4. The summed E-state index contributed by atoms with van der Waals surface area (Å²) >= 11 is 3.34. The van der Waals surface area contributed by atoms with Crippen molar-refractivity contribution >= 4 is 27.8 Å². The van der Waals surface area contributed by atoms with Gasteiger partial charge in [0.15, 0.2) is 0 Å². The molecule has 1 aromatic carbocycles. The highest BCUT2D eigenvalue weighted by Gasteiger charge is 2.42. The third-order valence-corrected chi connectivity index (χ3v) is 4.22. The SMILES string of the molecule is COC(=O)C1(NC(=O)c2cccc(Br)c2)CCCCC1. The van der Waals surface area contributed by atoms with Crippen LogP contribution in [0.25, 0.3) is 0 Å². The second-order valence-corrected chi connectivity index (χ2v) is 6.01. The van der Waals surface area contributed by atoms with Gasteiger partial charge in [0.2, 0.25) is 0 Å². The summed E-state index contributed by atoms with van der Waals surface area (Å²) in [7, 11) is 1.37. The zero-order chi connectivity index (χ0) is 14.6. The molecule has 0 spiro atoms. The van der Waals surface area contributed by atoms with Crippen LogP contribution in [0.1, 0.15) is 42.5 Å². The van der Waals surface area contributed by atoms with Crippen LogP contribution in [0.5, 0.6) is 0 Å². The second-order valence-electron chi connectivity index (χ2n) is 5.10. The van der Waals surface area contributed by atoms with Crippen LogP contribution in [0.2, 0.25) is 0 Å². The van der Waals surface area contributed by atoms with E-state index in [0.29, 0.717) is 18.4 Å². The standard InChI is InChI=1S/C15H18BrNO3/c1-20-14(19)15(8-3-2-4-9-15)17-13(18)11-6-5-7-12(16)10-11/h5-7,10H,2-4,8-9H2,1H3,(H,17,18). The summed E-state index contributed by atoms with van der Waals surface area (Å²) in [6.07, 6.45) is 4.21. The van der Waals surface area contributed by atoms with E-state index in [0.717, 1.165) is 23.7 Å². The van der Waals surface area contributed by atoms with Crippen LogP contribution in [0, 0.1) is 0 Å². The van der Waals surface area contributed by atoms with Crippen LogP contribution >= 0.6 is 15.9 Å². The van der Waals surface area contributed by atoms with Gasteiger partial charge in [-0.15, -0.1) is 0 Å². The van der Waals surface area contributed by atoms with Gasteiger partial charge < -0.3 is 10.1 Å². The summed E-state index contributed by atoms with van der Waals surface area (Å²) in [5.74, 6) is -0.584. The maximum Gasteiger partial charge on any atom is 0.331 e. The van der Waals surface area contributed by atoms with Crippen LogP contribution in [0.15, 0.2) is 28.7 Å². The molecule has 0 aliphatic heterocycles. The minimum Gasteiger partial charge on any atom is -0.467 e. The summed E-state index contributed by atoms with van der Waals surface area (Å²) in [4.78, 5) is 24.4. The molecule has 1 saturated carbocycles. The Balaban J connectivity index is 2.19. The molecule has 0 atom stereocenters. The molecule has 108 valence electrons. The Hall–Kier alpha value is -1.36. The Kier molecular flexibility index (Phi) is 4.81. The number of hydrogen-bond acceptors (Lipinski definition) is 3. The quantitative estimate of drug-likeness (QED) is 0.861. The lowest BCUT2D eigenvalue weighted by molar-refractivity contribution is -0.149. The first kappa shape index (κ1) is 15.0. The number of amides is 1. The Morgan fingerprint density at radius 1 is 1.25 bits per heavy atom. The van der Waals surface area contributed by atoms with Crippen molar-refractivity contribution in [1.29, 1.82) is 0 Å². The second kappa shape index (κ2) is 6.39. The summed E-state index contributed by atoms with van der Waals surface area (Å²) < 4.78 is 5.72. The van der Waals surface area contributed by atoms with Crippen molar-refractivity contribution in [1.82, 2.24) is 5.32 Å². The summed E-state index contributed by atoms with van der Waals surface area (Å²) in [5.41, 5.74) is -0.333. The molecule has 0 radical (unpaired) electrons. The van der Waals surface area contributed by atoms with Crippen LogP contribution in [0.3, 0.4) is 0 Å². The van der Waals surface area contributed by atoms with Gasteiger partial charge in [0.1, 0.15) is 5.54 Å². The molecule has 4 nitrogen and oxygen atoms in total. The van der Waals surface area contributed by atoms with E-state index in [-0.39, 0.29) is 11.9 Å². The van der Waals surface area contributed by atoms with Crippen molar-refractivity contribution in [3.63, 3.8) is 0 Å². The average Bonchev–Trinajstić information content (AvgIpc) is 2.47. The number of nitrogens with one attached hydrogen (secondary N) is 1. The van der Waals surface area contributed by atoms with E-state index >= 15 is 0 Å². The zero-order valence-corrected chi connectivity index (χ0v) is 13.0. The molecular formula is C15H18BrNO3. The molecule has 2 rings (SSSR count). The van der Waals surface area contributed by atoms with E-state index in [1.54, 1.807) is 18.2 Å². The maximum atomic E-state index is 12.4. The van der Waals surface area contributed by atoms with Crippen molar-refractivity contribution in [3.05, 3.63) is 34.3 Å². The lowest BCUT2D eigenvalue weighted by Gasteiger charge is -2.35. The molecule has 20 heavy (non-hydrogen) atoms. The van der Waals surface area contributed by atoms with Gasteiger partial charge in [0.25, 0.3) is 5.91 Å². The van der Waals surface area contributed by atoms with E-state index in [9.17, 15) is 9.59 Å². The first-order valence-corrected chi connectivity index (χ1v) is 7.53. The highest BCUT2D eigenvalue weighted by molar-refractivity contribution is 9.10. The molecular weight excluding hydrogens is 322 g/mol. The van der Waals surface area contributed by atoms with Crippen molar-refractivity contribution in [2.24, 2.45) is 0 Å². The number of esters is 1. The van der Waals surface area contributed by atoms with E-state index < -0.39 is 5.54 Å². The molecule has 1 aliphatic carbocycles. The van der Waals surface area contributed by atoms with Gasteiger partial charge in [-0.3, -0.25) is 4.79 Å². The smallest absolute Gasteiger partial charge is 0.331 e. The number of benzene rings is 1. The largest absolute Gasteiger partial charge is 0.467 e. The maximum absolute atomic E-state index is 12.4. The van der Waals surface area contributed by atoms with Crippen LogP contribution < -0.4 is 5.32 Å². The minimum absolute atomic E-state index is 0.237. The van der Waals surface area contributed by atoms with Gasteiger partial charge in [0, 0.05) is 10.0 Å². The molecule has 1 N–H and O–H groups in total. The van der Waals surface area contributed by atoms with E-state index in [2.05, 4.69) is 21.2 Å². The molecule has 0 aromatic heterocycles. The van der Waals surface area contributed by atoms with Crippen molar-refractivity contribution in [3.8, 4) is 0 Å². The Bertz CT molecular complexity index is 510. The summed E-state index contributed by atoms with van der Waals surface area (Å²) in [5, 5.41) is 2.89. The highest BCUT2D eigenvalue weighted by Crippen LogP contribution is 2.29. The van der Waals surface area contributed by atoms with Gasteiger partial charge in [-0.2, -0.15) is 0 Å². The lowest BCUT2D eigenvalue weighted by atomic mass is 9.81. The predicted octanol–water partition coefficient (Wildman–Crippen LogP) is 3.05. The number of ether oxygens (including phenoxy) is 1. The summed E-state index contributed by atoms with van der Waals surface area (Å²) in [6.45, 7) is 0. The van der Waals surface area contributed by atoms with E-state index in [4.69, 9.17) is 4.74 Å². The Morgan fingerprint density at radius 3 is 2.55 bits per heavy atom. The number of methoxy groups -OCH3 is 1. The molecule has 0 saturated heterocycles. The van der Waals surface area contributed by atoms with Crippen LogP contribution in [-0.4, -0.2) is 24.5 Å². The highest BCUT2D eigenvalue weighted by atomic mass is 79.9. The van der Waals surface area contributed by atoms with Gasteiger partial charge in [0.05, 0.1) is 7.11 Å². The molecule has 0 unspecified atom stereocenters. The third kappa shape index (κ3) is 3.20. The topological polar surface area (TPSA) is 55.4 Å². The lowest BCUT2D eigenvalue weighted by Crippen LogP contribution is -2.56. The number of carbonyl (C=O) groups excluding carboxylic acids is 2. The third-order valence-electron chi connectivity index (χ3n) is 3.72. The molecule has 5 heteroatoms. The van der Waals surface area contributed by atoms with Crippen molar-refractivity contribution in [2.75, 3.05) is 7.11 Å². The monoisotopic (exact) mass is 339 g/mol. The number of carbonyl (C=O) groups is 2. The molecule has 0 heterocycles. The fourth-order valence-corrected chi connectivity index (χ4v) is 3.05. The molecule has 1 aromatic rings. The number of rotatable bonds is 3. The first-order valence-electron chi connectivity index (χ1n) is 6.74. The number of hydrogen-bond donors (Lipinski definition) is 1. The summed E-state index contributed by atoms with van der Waals surface area (Å²) in [6, 6.07) is 7.12. The average molecular weight is 340 g/mol. The molecule has 1 fully saturated rings. The number of halogens is 1. The Labute approximate surface area is 127 Å². The minimum atomic E-state index is -0.869. The predicted molar refractivity (Wildman–Crippen MR) is 79.4 cm³/mol. The van der Waals surface area contributed by atoms with E-state index in [1.165, 1.54) is 7.11 Å². The first-order chi connectivity index (χ1) is 9.57.